The predicted octanol–water partition coefficient (Wildman–Crippen LogP) is 5.79. The lowest BCUT2D eigenvalue weighted by atomic mass is 10.1. The van der Waals surface area contributed by atoms with Gasteiger partial charge in [-0.15, -0.1) is 11.3 Å². The highest BCUT2D eigenvalue weighted by Gasteiger charge is 2.25. The number of hydrogen-bond donors (Lipinski definition) is 0. The fourth-order valence-corrected chi connectivity index (χ4v) is 4.32. The number of nitrogens with zero attached hydrogens (tertiary/aromatic N) is 2. The third-order valence-corrected chi connectivity index (χ3v) is 6.62. The summed E-state index contributed by atoms with van der Waals surface area (Å²) in [5, 5.41) is 2.07. The van der Waals surface area contributed by atoms with E-state index >= 15 is 0 Å². The lowest BCUT2D eigenvalue weighted by Crippen LogP contribution is -2.46. The van der Waals surface area contributed by atoms with Crippen molar-refractivity contribution < 1.29 is 9.59 Å². The largest absolute Gasteiger partial charge is 0.332 e. The third kappa shape index (κ3) is 7.28. The molecule has 4 nitrogen and oxygen atoms in total. The Morgan fingerprint density at radius 3 is 2.33 bits per heavy atom. The van der Waals surface area contributed by atoms with Crippen LogP contribution in [0.15, 0.2) is 41.8 Å². The molecule has 1 aromatic heterocycles. The number of carbonyl (C=O) groups is 2. The maximum Gasteiger partial charge on any atom is 0.242 e. The molecule has 0 saturated carbocycles. The molecule has 2 rings (SSSR count). The van der Waals surface area contributed by atoms with Gasteiger partial charge >= 0.3 is 0 Å². The highest BCUT2D eigenvalue weighted by Crippen LogP contribution is 2.20. The number of rotatable bonds is 12. The Kier molecular flexibility index (Phi) is 10.1. The van der Waals surface area contributed by atoms with Gasteiger partial charge in [-0.3, -0.25) is 9.59 Å². The van der Waals surface area contributed by atoms with E-state index in [0.717, 1.165) is 31.2 Å². The van der Waals surface area contributed by atoms with Crippen molar-refractivity contribution in [3.05, 3.63) is 57.8 Å². The summed E-state index contributed by atoms with van der Waals surface area (Å²) in [6.07, 6.45) is 4.38. The summed E-state index contributed by atoms with van der Waals surface area (Å²) in [6, 6.07) is 12.2. The third-order valence-electron chi connectivity index (χ3n) is 5.61. The zero-order valence-electron chi connectivity index (χ0n) is 18.9. The molecule has 0 unspecified atom stereocenters. The molecule has 0 aliphatic rings. The molecule has 0 fully saturated rings. The van der Waals surface area contributed by atoms with E-state index < -0.39 is 0 Å². The van der Waals surface area contributed by atoms with Crippen molar-refractivity contribution in [2.24, 2.45) is 0 Å². The Bertz CT molecular complexity index is 787. The molecular formula is C25H36N2O2S. The van der Waals surface area contributed by atoms with E-state index in [1.807, 2.05) is 42.2 Å². The summed E-state index contributed by atoms with van der Waals surface area (Å²) < 4.78 is 0. The molecule has 0 radical (unpaired) electrons. The molecule has 0 bridgehead atoms. The summed E-state index contributed by atoms with van der Waals surface area (Å²) in [7, 11) is 0. The van der Waals surface area contributed by atoms with Gasteiger partial charge in [-0.05, 0) is 49.3 Å². The number of unbranched alkanes of at least 4 members (excludes halogenated alkanes) is 2. The van der Waals surface area contributed by atoms with Gasteiger partial charge in [-0.25, -0.2) is 0 Å². The highest BCUT2D eigenvalue weighted by molar-refractivity contribution is 7.10. The smallest absolute Gasteiger partial charge is 0.242 e. The number of hydrogen-bond acceptors (Lipinski definition) is 3. The highest BCUT2D eigenvalue weighted by atomic mass is 32.1. The number of amides is 2. The summed E-state index contributed by atoms with van der Waals surface area (Å²) in [4.78, 5) is 31.1. The second-order valence-corrected chi connectivity index (χ2v) is 9.00. The molecule has 1 aromatic carbocycles. The van der Waals surface area contributed by atoms with Crippen LogP contribution >= 0.6 is 11.3 Å². The Labute approximate surface area is 185 Å². The Morgan fingerprint density at radius 1 is 1.00 bits per heavy atom. The molecule has 0 aliphatic heterocycles. The van der Waals surface area contributed by atoms with Crippen LogP contribution in [0.2, 0.25) is 0 Å². The van der Waals surface area contributed by atoms with Crippen LogP contribution in [-0.2, 0) is 22.7 Å². The van der Waals surface area contributed by atoms with Gasteiger partial charge in [-0.1, -0.05) is 57.0 Å². The molecule has 0 N–H and O–H groups in total. The molecule has 164 valence electrons. The van der Waals surface area contributed by atoms with Crippen molar-refractivity contribution in [3.8, 4) is 0 Å². The minimum atomic E-state index is 0.00999. The van der Waals surface area contributed by atoms with Gasteiger partial charge in [0.1, 0.15) is 6.54 Å². The first-order valence-corrected chi connectivity index (χ1v) is 12.0. The number of carbonyl (C=O) groups excluding carboxylic acids is 2. The minimum absolute atomic E-state index is 0.00999. The first-order chi connectivity index (χ1) is 14.5. The summed E-state index contributed by atoms with van der Waals surface area (Å²) in [5.74, 6) is 0.105. The average Bonchev–Trinajstić information content (AvgIpc) is 3.16. The number of benzene rings is 1. The zero-order chi connectivity index (χ0) is 21.9. The SMILES string of the molecule is CCCCCC(=O)N(CC(=O)N(Cc1ccccc1)Cc1sccc1C)[C@H](C)CC. The van der Waals surface area contributed by atoms with E-state index in [2.05, 4.69) is 32.2 Å². The standard InChI is InChI=1S/C25H36N2O2S/c1-5-7-9-14-24(28)27(21(4)6-2)19-25(29)26(17-22-12-10-8-11-13-22)18-23-20(3)15-16-30-23/h8,10-13,15-16,21H,5-7,9,14,17-19H2,1-4H3/t21-/m1/s1. The zero-order valence-corrected chi connectivity index (χ0v) is 19.7. The molecule has 0 aliphatic carbocycles. The van der Waals surface area contributed by atoms with Crippen LogP contribution in [0, 0.1) is 6.92 Å². The number of thiophene rings is 1. The molecule has 5 heteroatoms. The first kappa shape index (κ1) is 24.1. The van der Waals surface area contributed by atoms with Crippen molar-refractivity contribution in [1.29, 1.82) is 0 Å². The van der Waals surface area contributed by atoms with E-state index in [4.69, 9.17) is 0 Å². The second kappa shape index (κ2) is 12.5. The van der Waals surface area contributed by atoms with Gasteiger partial charge in [0, 0.05) is 23.9 Å². The molecule has 2 aromatic rings. The van der Waals surface area contributed by atoms with E-state index in [1.165, 1.54) is 10.4 Å². The lowest BCUT2D eigenvalue weighted by Gasteiger charge is -2.31. The summed E-state index contributed by atoms with van der Waals surface area (Å²) in [5.41, 5.74) is 2.31. The van der Waals surface area contributed by atoms with E-state index in [9.17, 15) is 9.59 Å². The maximum absolute atomic E-state index is 13.4. The molecule has 2 amide bonds. The fourth-order valence-electron chi connectivity index (χ4n) is 3.40. The van der Waals surface area contributed by atoms with E-state index in [0.29, 0.717) is 19.5 Å². The molecular weight excluding hydrogens is 392 g/mol. The van der Waals surface area contributed by atoms with E-state index in [1.54, 1.807) is 16.2 Å². The van der Waals surface area contributed by atoms with Crippen molar-refractivity contribution in [3.63, 3.8) is 0 Å². The van der Waals surface area contributed by atoms with Crippen LogP contribution < -0.4 is 0 Å². The van der Waals surface area contributed by atoms with Crippen LogP contribution in [0.3, 0.4) is 0 Å². The summed E-state index contributed by atoms with van der Waals surface area (Å²) >= 11 is 1.68. The molecule has 0 spiro atoms. The molecule has 1 heterocycles. The minimum Gasteiger partial charge on any atom is -0.332 e. The van der Waals surface area contributed by atoms with Crippen LogP contribution in [0.25, 0.3) is 0 Å². The topological polar surface area (TPSA) is 40.6 Å². The van der Waals surface area contributed by atoms with Gasteiger partial charge in [0.2, 0.25) is 11.8 Å². The summed E-state index contributed by atoms with van der Waals surface area (Å²) in [6.45, 7) is 9.60. The van der Waals surface area contributed by atoms with Gasteiger partial charge in [0.15, 0.2) is 0 Å². The normalized spacial score (nSPS) is 11.9. The van der Waals surface area contributed by atoms with Gasteiger partial charge < -0.3 is 9.80 Å². The maximum atomic E-state index is 13.4. The second-order valence-electron chi connectivity index (χ2n) is 8.00. The first-order valence-electron chi connectivity index (χ1n) is 11.1. The van der Waals surface area contributed by atoms with Gasteiger partial charge in [0.25, 0.3) is 0 Å². The van der Waals surface area contributed by atoms with E-state index in [-0.39, 0.29) is 24.4 Å². The molecule has 30 heavy (non-hydrogen) atoms. The van der Waals surface area contributed by atoms with Gasteiger partial charge in [-0.2, -0.15) is 0 Å². The quantitative estimate of drug-likeness (QED) is 0.401. The van der Waals surface area contributed by atoms with Gasteiger partial charge in [0.05, 0.1) is 6.54 Å². The van der Waals surface area contributed by atoms with Crippen molar-refractivity contribution in [2.45, 2.75) is 78.9 Å². The van der Waals surface area contributed by atoms with Crippen molar-refractivity contribution >= 4 is 23.2 Å². The predicted molar refractivity (Wildman–Crippen MR) is 125 cm³/mol. The molecule has 0 saturated heterocycles. The molecule has 1 atom stereocenters. The number of aryl methyl sites for hydroxylation is 1. The monoisotopic (exact) mass is 428 g/mol. The van der Waals surface area contributed by atoms with Crippen LogP contribution in [0.5, 0.6) is 0 Å². The Morgan fingerprint density at radius 2 is 1.73 bits per heavy atom. The van der Waals surface area contributed by atoms with Crippen LogP contribution in [0.4, 0.5) is 0 Å². The van der Waals surface area contributed by atoms with Crippen molar-refractivity contribution in [1.82, 2.24) is 9.80 Å². The van der Waals surface area contributed by atoms with Crippen LogP contribution in [-0.4, -0.2) is 34.2 Å². The average molecular weight is 429 g/mol. The Hall–Kier alpha value is -2.14. The fraction of sp³-hybridized carbons (Fsp3) is 0.520. The van der Waals surface area contributed by atoms with Crippen molar-refractivity contribution in [2.75, 3.05) is 6.54 Å². The Balaban J connectivity index is 2.16. The lowest BCUT2D eigenvalue weighted by molar-refractivity contribution is -0.143. The van der Waals surface area contributed by atoms with Crippen LogP contribution in [0.1, 0.15) is 68.9 Å².